The highest BCUT2D eigenvalue weighted by atomic mass is 79.9. The molecule has 3 N–H and O–H groups in total. The summed E-state index contributed by atoms with van der Waals surface area (Å²) in [4.78, 5) is 10.2. The van der Waals surface area contributed by atoms with Gasteiger partial charge in [0.1, 0.15) is 5.69 Å². The Kier molecular flexibility index (Phi) is 4.38. The largest absolute Gasteiger partial charge is 0.399 e. The maximum absolute atomic E-state index is 5.70. The summed E-state index contributed by atoms with van der Waals surface area (Å²) in [6, 6.07) is 7.62. The Balaban J connectivity index is 0.00000156. The number of nitrogens with one attached hydrogen (secondary N) is 1. The Morgan fingerprint density at radius 2 is 1.91 bits per heavy atom. The zero-order chi connectivity index (χ0) is 15.1. The SMILES string of the molecule is Br.Cc1nc2sccn2c1-c1csc(Nc2ccc(N)cc2)n1. The topological polar surface area (TPSA) is 68.2 Å². The highest BCUT2D eigenvalue weighted by Gasteiger charge is 2.14. The van der Waals surface area contributed by atoms with E-state index in [4.69, 9.17) is 5.73 Å². The molecular formula is C15H14BrN5S2. The summed E-state index contributed by atoms with van der Waals surface area (Å²) in [7, 11) is 0. The molecule has 3 aromatic heterocycles. The summed E-state index contributed by atoms with van der Waals surface area (Å²) in [5.41, 5.74) is 10.4. The van der Waals surface area contributed by atoms with Crippen molar-refractivity contribution in [1.29, 1.82) is 0 Å². The van der Waals surface area contributed by atoms with E-state index in [2.05, 4.69) is 19.7 Å². The molecule has 0 aliphatic carbocycles. The standard InChI is InChI=1S/C15H13N5S2.BrH/c1-9-13(20-6-7-21-15(20)17-9)12-8-22-14(19-12)18-11-4-2-10(16)3-5-11;/h2-8H,16H2,1H3,(H,18,19);1H. The lowest BCUT2D eigenvalue weighted by molar-refractivity contribution is 1.20. The third-order valence-electron chi connectivity index (χ3n) is 3.35. The first-order valence-electron chi connectivity index (χ1n) is 6.71. The fourth-order valence-electron chi connectivity index (χ4n) is 2.33. The van der Waals surface area contributed by atoms with Crippen LogP contribution in [0.25, 0.3) is 16.3 Å². The summed E-state index contributed by atoms with van der Waals surface area (Å²) in [6.07, 6.45) is 2.03. The van der Waals surface area contributed by atoms with Crippen molar-refractivity contribution in [3.05, 3.63) is 46.9 Å². The van der Waals surface area contributed by atoms with Crippen molar-refractivity contribution < 1.29 is 0 Å². The molecule has 0 radical (unpaired) electrons. The van der Waals surface area contributed by atoms with Gasteiger partial charge in [-0.2, -0.15) is 0 Å². The lowest BCUT2D eigenvalue weighted by Gasteiger charge is -2.02. The highest BCUT2D eigenvalue weighted by molar-refractivity contribution is 8.93. The van der Waals surface area contributed by atoms with Gasteiger partial charge in [0.15, 0.2) is 10.1 Å². The number of aryl methyl sites for hydroxylation is 1. The van der Waals surface area contributed by atoms with Crippen LogP contribution < -0.4 is 11.1 Å². The molecule has 0 aliphatic rings. The van der Waals surface area contributed by atoms with Crippen LogP contribution in [-0.2, 0) is 0 Å². The van der Waals surface area contributed by atoms with Crippen LogP contribution in [0.3, 0.4) is 0 Å². The van der Waals surface area contributed by atoms with Gasteiger partial charge in [-0.1, -0.05) is 0 Å². The summed E-state index contributed by atoms with van der Waals surface area (Å²) < 4.78 is 2.09. The number of anilines is 3. The van der Waals surface area contributed by atoms with Crippen LogP contribution in [0.15, 0.2) is 41.2 Å². The summed E-state index contributed by atoms with van der Waals surface area (Å²) >= 11 is 3.20. The van der Waals surface area contributed by atoms with Gasteiger partial charge < -0.3 is 11.1 Å². The van der Waals surface area contributed by atoms with E-state index in [0.29, 0.717) is 0 Å². The minimum absolute atomic E-state index is 0. The zero-order valence-electron chi connectivity index (χ0n) is 12.2. The summed E-state index contributed by atoms with van der Waals surface area (Å²) in [5, 5.41) is 8.23. The molecule has 0 aliphatic heterocycles. The number of hydrogen-bond acceptors (Lipinski definition) is 6. The average Bonchev–Trinajstić information content (AvgIpc) is 3.17. The maximum Gasteiger partial charge on any atom is 0.194 e. The van der Waals surface area contributed by atoms with Crippen LogP contribution in [0.2, 0.25) is 0 Å². The molecule has 23 heavy (non-hydrogen) atoms. The molecule has 0 saturated carbocycles. The molecule has 3 heterocycles. The van der Waals surface area contributed by atoms with Crippen molar-refractivity contribution >= 4 is 61.1 Å². The van der Waals surface area contributed by atoms with Crippen LogP contribution in [0.1, 0.15) is 5.69 Å². The van der Waals surface area contributed by atoms with Gasteiger partial charge in [-0.05, 0) is 31.2 Å². The van der Waals surface area contributed by atoms with Crippen molar-refractivity contribution in [2.45, 2.75) is 6.92 Å². The lowest BCUT2D eigenvalue weighted by Crippen LogP contribution is -1.91. The molecule has 0 saturated heterocycles. The van der Waals surface area contributed by atoms with Crippen molar-refractivity contribution in [1.82, 2.24) is 14.4 Å². The number of nitrogens with two attached hydrogens (primary N) is 1. The number of nitrogens with zero attached hydrogens (tertiary/aromatic N) is 3. The Morgan fingerprint density at radius 1 is 1.13 bits per heavy atom. The van der Waals surface area contributed by atoms with Crippen molar-refractivity contribution in [2.75, 3.05) is 11.1 Å². The third-order valence-corrected chi connectivity index (χ3v) is 4.86. The molecule has 1 aromatic carbocycles. The molecule has 0 atom stereocenters. The molecule has 0 spiro atoms. The van der Waals surface area contributed by atoms with E-state index in [0.717, 1.165) is 38.5 Å². The molecule has 5 nitrogen and oxygen atoms in total. The quantitative estimate of drug-likeness (QED) is 0.481. The van der Waals surface area contributed by atoms with E-state index in [1.54, 1.807) is 22.7 Å². The lowest BCUT2D eigenvalue weighted by atomic mass is 10.3. The van der Waals surface area contributed by atoms with Gasteiger partial charge in [0.25, 0.3) is 0 Å². The van der Waals surface area contributed by atoms with E-state index in [1.165, 1.54) is 0 Å². The number of benzene rings is 1. The van der Waals surface area contributed by atoms with Gasteiger partial charge in [-0.25, -0.2) is 9.97 Å². The number of thiazole rings is 2. The van der Waals surface area contributed by atoms with Gasteiger partial charge in [0.2, 0.25) is 0 Å². The van der Waals surface area contributed by atoms with Gasteiger partial charge in [-0.15, -0.1) is 39.7 Å². The fraction of sp³-hybridized carbons (Fsp3) is 0.0667. The third kappa shape index (κ3) is 2.97. The summed E-state index contributed by atoms with van der Waals surface area (Å²) in [5.74, 6) is 0. The number of halogens is 1. The molecule has 0 unspecified atom stereocenters. The van der Waals surface area contributed by atoms with E-state index in [-0.39, 0.29) is 17.0 Å². The Labute approximate surface area is 151 Å². The molecule has 0 bridgehead atoms. The van der Waals surface area contributed by atoms with Crippen LogP contribution >= 0.6 is 39.7 Å². The predicted molar refractivity (Wildman–Crippen MR) is 103 cm³/mol. The first kappa shape index (κ1) is 16.0. The van der Waals surface area contributed by atoms with E-state index < -0.39 is 0 Å². The second kappa shape index (κ2) is 6.31. The Bertz CT molecular complexity index is 939. The van der Waals surface area contributed by atoms with Crippen LogP contribution in [0.4, 0.5) is 16.5 Å². The maximum atomic E-state index is 5.70. The number of fused-ring (bicyclic) bond motifs is 1. The van der Waals surface area contributed by atoms with E-state index in [9.17, 15) is 0 Å². The van der Waals surface area contributed by atoms with Gasteiger partial charge in [-0.3, -0.25) is 4.40 Å². The minimum atomic E-state index is 0. The number of rotatable bonds is 3. The van der Waals surface area contributed by atoms with Gasteiger partial charge in [0, 0.05) is 28.3 Å². The highest BCUT2D eigenvalue weighted by Crippen LogP contribution is 2.31. The van der Waals surface area contributed by atoms with Gasteiger partial charge in [0.05, 0.1) is 11.4 Å². The normalized spacial score (nSPS) is 10.7. The van der Waals surface area contributed by atoms with Crippen molar-refractivity contribution in [3.8, 4) is 11.4 Å². The fourth-order valence-corrected chi connectivity index (χ4v) is 3.81. The van der Waals surface area contributed by atoms with E-state index in [1.807, 2.05) is 48.1 Å². The van der Waals surface area contributed by atoms with Crippen LogP contribution in [-0.4, -0.2) is 14.4 Å². The molecule has 0 amide bonds. The van der Waals surface area contributed by atoms with Gasteiger partial charge >= 0.3 is 0 Å². The van der Waals surface area contributed by atoms with Crippen LogP contribution in [0.5, 0.6) is 0 Å². The number of imidazole rings is 1. The second-order valence-electron chi connectivity index (χ2n) is 4.89. The predicted octanol–water partition coefficient (Wildman–Crippen LogP) is 4.73. The Hall–Kier alpha value is -1.90. The number of nitrogen functional groups attached to an aromatic ring is 1. The zero-order valence-corrected chi connectivity index (χ0v) is 15.5. The minimum Gasteiger partial charge on any atom is -0.399 e. The monoisotopic (exact) mass is 407 g/mol. The smallest absolute Gasteiger partial charge is 0.194 e. The Morgan fingerprint density at radius 3 is 2.70 bits per heavy atom. The number of hydrogen-bond donors (Lipinski definition) is 2. The molecule has 4 rings (SSSR count). The molecule has 118 valence electrons. The van der Waals surface area contributed by atoms with Crippen molar-refractivity contribution in [2.24, 2.45) is 0 Å². The van der Waals surface area contributed by atoms with E-state index >= 15 is 0 Å². The average molecular weight is 408 g/mol. The number of aromatic nitrogens is 3. The molecular weight excluding hydrogens is 394 g/mol. The summed E-state index contributed by atoms with van der Waals surface area (Å²) in [6.45, 7) is 2.02. The van der Waals surface area contributed by atoms with Crippen LogP contribution in [0, 0.1) is 6.92 Å². The molecule has 8 heteroatoms. The molecule has 0 fully saturated rings. The first-order valence-corrected chi connectivity index (χ1v) is 8.47. The van der Waals surface area contributed by atoms with Crippen molar-refractivity contribution in [3.63, 3.8) is 0 Å². The molecule has 4 aromatic rings. The second-order valence-corrected chi connectivity index (χ2v) is 6.62. The first-order chi connectivity index (χ1) is 10.7.